The predicted molar refractivity (Wildman–Crippen MR) is 137 cm³/mol. The third kappa shape index (κ3) is 6.73. The van der Waals surface area contributed by atoms with Gasteiger partial charge in [-0.3, -0.25) is 14.7 Å². The molecule has 0 bridgehead atoms. The number of aliphatic imine (C=N–C) groups is 1. The summed E-state index contributed by atoms with van der Waals surface area (Å²) in [5.74, 6) is 2.17. The Balaban J connectivity index is 0.00000363. The van der Waals surface area contributed by atoms with Crippen molar-refractivity contribution >= 4 is 35.8 Å². The van der Waals surface area contributed by atoms with E-state index < -0.39 is 5.91 Å². The van der Waals surface area contributed by atoms with Gasteiger partial charge in [-0.2, -0.15) is 0 Å². The van der Waals surface area contributed by atoms with Crippen LogP contribution in [0.25, 0.3) is 0 Å². The number of piperazine rings is 1. The maximum Gasteiger partial charge on any atom is 0.248 e. The Morgan fingerprint density at radius 1 is 1.06 bits per heavy atom. The van der Waals surface area contributed by atoms with Crippen LogP contribution in [-0.4, -0.2) is 69.1 Å². The Morgan fingerprint density at radius 2 is 1.75 bits per heavy atom. The second-order valence-electron chi connectivity index (χ2n) is 7.40. The number of guanidine groups is 1. The van der Waals surface area contributed by atoms with Gasteiger partial charge in [-0.1, -0.05) is 12.1 Å². The van der Waals surface area contributed by atoms with E-state index in [0.29, 0.717) is 12.1 Å². The number of primary amides is 1. The fourth-order valence-electron chi connectivity index (χ4n) is 3.66. The highest BCUT2D eigenvalue weighted by atomic mass is 127. The van der Waals surface area contributed by atoms with Crippen molar-refractivity contribution in [2.45, 2.75) is 13.1 Å². The summed E-state index contributed by atoms with van der Waals surface area (Å²) in [4.78, 5) is 20.3. The van der Waals surface area contributed by atoms with Crippen LogP contribution in [0.5, 0.6) is 11.5 Å². The number of carbonyl (C=O) groups excluding carboxylic acids is 1. The van der Waals surface area contributed by atoms with E-state index in [1.165, 1.54) is 0 Å². The van der Waals surface area contributed by atoms with Crippen LogP contribution in [0.2, 0.25) is 0 Å². The van der Waals surface area contributed by atoms with Crippen LogP contribution in [0.3, 0.4) is 0 Å². The second-order valence-corrected chi connectivity index (χ2v) is 7.40. The van der Waals surface area contributed by atoms with E-state index in [2.05, 4.69) is 20.1 Å². The number of benzene rings is 2. The lowest BCUT2D eigenvalue weighted by Gasteiger charge is -2.36. The molecule has 3 rings (SSSR count). The number of halogens is 1. The molecule has 3 N–H and O–H groups in total. The molecule has 1 fully saturated rings. The van der Waals surface area contributed by atoms with Crippen molar-refractivity contribution < 1.29 is 14.3 Å². The van der Waals surface area contributed by atoms with Gasteiger partial charge in [0.2, 0.25) is 5.91 Å². The first-order valence-electron chi connectivity index (χ1n) is 10.3. The average Bonchev–Trinajstić information content (AvgIpc) is 2.80. The molecule has 1 aliphatic heterocycles. The molecule has 1 amide bonds. The lowest BCUT2D eigenvalue weighted by atomic mass is 10.1. The molecule has 174 valence electrons. The topological polar surface area (TPSA) is 92.4 Å². The fraction of sp³-hybridized carbons (Fsp3) is 0.391. The molecule has 1 saturated heterocycles. The van der Waals surface area contributed by atoms with Crippen LogP contribution < -0.4 is 20.5 Å². The summed E-state index contributed by atoms with van der Waals surface area (Å²) in [5.41, 5.74) is 8.00. The van der Waals surface area contributed by atoms with Gasteiger partial charge in [0, 0.05) is 57.4 Å². The zero-order valence-electron chi connectivity index (χ0n) is 18.8. The number of methoxy groups -OCH3 is 2. The number of hydrogen-bond donors (Lipinski definition) is 2. The van der Waals surface area contributed by atoms with E-state index in [4.69, 9.17) is 15.2 Å². The molecule has 2 aromatic rings. The number of amides is 1. The largest absolute Gasteiger partial charge is 0.497 e. The van der Waals surface area contributed by atoms with Gasteiger partial charge in [-0.25, -0.2) is 0 Å². The van der Waals surface area contributed by atoms with Crippen LogP contribution in [0.1, 0.15) is 21.5 Å². The van der Waals surface area contributed by atoms with Gasteiger partial charge in [0.25, 0.3) is 0 Å². The van der Waals surface area contributed by atoms with Crippen molar-refractivity contribution in [3.05, 3.63) is 59.2 Å². The summed E-state index contributed by atoms with van der Waals surface area (Å²) >= 11 is 0. The quantitative estimate of drug-likeness (QED) is 0.311. The molecule has 1 heterocycles. The summed E-state index contributed by atoms with van der Waals surface area (Å²) < 4.78 is 10.9. The third-order valence-electron chi connectivity index (χ3n) is 5.45. The summed E-state index contributed by atoms with van der Waals surface area (Å²) in [6.45, 7) is 5.06. The van der Waals surface area contributed by atoms with Crippen LogP contribution in [-0.2, 0) is 13.1 Å². The Kier molecular flexibility index (Phi) is 10.0. The Morgan fingerprint density at radius 3 is 2.31 bits per heavy atom. The van der Waals surface area contributed by atoms with Gasteiger partial charge in [0.15, 0.2) is 5.96 Å². The van der Waals surface area contributed by atoms with E-state index in [0.717, 1.165) is 61.3 Å². The standard InChI is InChI=1S/C23H31N5O3.HI/c1-25-23(26-15-17-4-6-18(7-5-17)22(24)29)28-12-10-27(11-13-28)16-19-14-20(30-2)8-9-21(19)31-3;/h4-9,14H,10-13,15-16H2,1-3H3,(H2,24,29)(H,25,26);1H. The van der Waals surface area contributed by atoms with Gasteiger partial charge in [-0.05, 0) is 35.9 Å². The van der Waals surface area contributed by atoms with E-state index in [1.54, 1.807) is 33.4 Å². The van der Waals surface area contributed by atoms with Crippen LogP contribution in [0, 0.1) is 0 Å². The highest BCUT2D eigenvalue weighted by molar-refractivity contribution is 14.0. The van der Waals surface area contributed by atoms with Gasteiger partial charge >= 0.3 is 0 Å². The smallest absolute Gasteiger partial charge is 0.248 e. The van der Waals surface area contributed by atoms with Crippen LogP contribution in [0.15, 0.2) is 47.5 Å². The Labute approximate surface area is 206 Å². The fourth-order valence-corrected chi connectivity index (χ4v) is 3.66. The number of rotatable bonds is 7. The zero-order valence-corrected chi connectivity index (χ0v) is 21.2. The molecular weight excluding hydrogens is 521 g/mol. The van der Waals surface area contributed by atoms with Crippen molar-refractivity contribution in [3.63, 3.8) is 0 Å². The normalized spacial score (nSPS) is 14.5. The number of carbonyl (C=O) groups is 1. The van der Waals surface area contributed by atoms with Gasteiger partial charge < -0.3 is 25.4 Å². The number of nitrogens with one attached hydrogen (secondary N) is 1. The molecule has 0 saturated carbocycles. The van der Waals surface area contributed by atoms with Crippen LogP contribution >= 0.6 is 24.0 Å². The lowest BCUT2D eigenvalue weighted by molar-refractivity contribution is 0.100. The van der Waals surface area contributed by atoms with E-state index in [1.807, 2.05) is 30.3 Å². The summed E-state index contributed by atoms with van der Waals surface area (Å²) in [7, 11) is 5.17. The minimum Gasteiger partial charge on any atom is -0.497 e. The third-order valence-corrected chi connectivity index (χ3v) is 5.45. The molecule has 0 spiro atoms. The number of nitrogens with two attached hydrogens (primary N) is 1. The Bertz CT molecular complexity index is 912. The Hall–Kier alpha value is -2.53. The zero-order chi connectivity index (χ0) is 22.2. The van der Waals surface area contributed by atoms with Gasteiger partial charge in [0.05, 0.1) is 14.2 Å². The summed E-state index contributed by atoms with van der Waals surface area (Å²) in [6.07, 6.45) is 0. The number of nitrogens with zero attached hydrogens (tertiary/aromatic N) is 3. The number of ether oxygens (including phenoxy) is 2. The average molecular weight is 553 g/mol. The molecule has 0 aliphatic carbocycles. The summed E-state index contributed by atoms with van der Waals surface area (Å²) in [5, 5.41) is 3.41. The molecule has 8 nitrogen and oxygen atoms in total. The molecular formula is C23H32IN5O3. The molecule has 32 heavy (non-hydrogen) atoms. The van der Waals surface area contributed by atoms with Crippen molar-refractivity contribution in [2.75, 3.05) is 47.4 Å². The molecule has 0 radical (unpaired) electrons. The van der Waals surface area contributed by atoms with Crippen LogP contribution in [0.4, 0.5) is 0 Å². The monoisotopic (exact) mass is 553 g/mol. The molecule has 9 heteroatoms. The lowest BCUT2D eigenvalue weighted by Crippen LogP contribution is -2.52. The molecule has 1 aliphatic rings. The highest BCUT2D eigenvalue weighted by Crippen LogP contribution is 2.25. The SMILES string of the molecule is CN=C(NCc1ccc(C(N)=O)cc1)N1CCN(Cc2cc(OC)ccc2OC)CC1.I. The minimum atomic E-state index is -0.417. The molecule has 0 unspecified atom stereocenters. The van der Waals surface area contributed by atoms with E-state index in [9.17, 15) is 4.79 Å². The summed E-state index contributed by atoms with van der Waals surface area (Å²) in [6, 6.07) is 13.2. The van der Waals surface area contributed by atoms with Gasteiger partial charge in [0.1, 0.15) is 11.5 Å². The number of hydrogen-bond acceptors (Lipinski definition) is 5. The van der Waals surface area contributed by atoms with Crippen molar-refractivity contribution in [3.8, 4) is 11.5 Å². The predicted octanol–water partition coefficient (Wildman–Crippen LogP) is 2.31. The second kappa shape index (κ2) is 12.5. The molecule has 0 aromatic heterocycles. The van der Waals surface area contributed by atoms with Crippen molar-refractivity contribution in [2.24, 2.45) is 10.7 Å². The maximum absolute atomic E-state index is 11.2. The molecule has 2 aromatic carbocycles. The van der Waals surface area contributed by atoms with E-state index >= 15 is 0 Å². The van der Waals surface area contributed by atoms with Crippen molar-refractivity contribution in [1.29, 1.82) is 0 Å². The maximum atomic E-state index is 11.2. The van der Waals surface area contributed by atoms with Crippen molar-refractivity contribution in [1.82, 2.24) is 15.1 Å². The molecule has 0 atom stereocenters. The minimum absolute atomic E-state index is 0. The van der Waals surface area contributed by atoms with Gasteiger partial charge in [-0.15, -0.1) is 24.0 Å². The first kappa shape index (κ1) is 25.7. The van der Waals surface area contributed by atoms with E-state index in [-0.39, 0.29) is 24.0 Å². The first-order valence-corrected chi connectivity index (χ1v) is 10.3. The highest BCUT2D eigenvalue weighted by Gasteiger charge is 2.20. The first-order chi connectivity index (χ1) is 15.0.